The highest BCUT2D eigenvalue weighted by atomic mass is 16.7. The summed E-state index contributed by atoms with van der Waals surface area (Å²) in [7, 11) is 0. The van der Waals surface area contributed by atoms with Gasteiger partial charge in [-0.05, 0) is 67.9 Å². The minimum Gasteiger partial charge on any atom is -0.478 e. The Balaban J connectivity index is 1.27. The minimum absolute atomic E-state index is 0.0811. The number of fused-ring (bicyclic) bond motifs is 1. The van der Waals surface area contributed by atoms with E-state index in [0.717, 1.165) is 31.5 Å². The van der Waals surface area contributed by atoms with E-state index < -0.39 is 5.97 Å². The lowest BCUT2D eigenvalue weighted by Gasteiger charge is -2.28. The second-order valence-electron chi connectivity index (χ2n) is 9.86. The number of nitrogens with one attached hydrogen (secondary N) is 3. The fraction of sp³-hybridized carbons (Fsp3) is 0.226. The van der Waals surface area contributed by atoms with Crippen molar-refractivity contribution in [3.63, 3.8) is 0 Å². The molecule has 1 fully saturated rings. The van der Waals surface area contributed by atoms with Gasteiger partial charge < -0.3 is 20.6 Å². The van der Waals surface area contributed by atoms with Crippen LogP contribution in [-0.2, 0) is 9.63 Å². The summed E-state index contributed by atoms with van der Waals surface area (Å²) in [5.74, 6) is -1.68. The second-order valence-corrected chi connectivity index (χ2v) is 9.86. The number of benzene rings is 3. The van der Waals surface area contributed by atoms with Crippen LogP contribution in [0.25, 0.3) is 11.3 Å². The smallest absolute Gasteiger partial charge is 0.335 e. The molecular weight excluding hydrogens is 522 g/mol. The molecule has 0 saturated carbocycles. The van der Waals surface area contributed by atoms with E-state index in [0.29, 0.717) is 46.9 Å². The van der Waals surface area contributed by atoms with Crippen molar-refractivity contribution in [1.82, 2.24) is 10.4 Å². The number of amides is 2. The van der Waals surface area contributed by atoms with Gasteiger partial charge in [0.2, 0.25) is 0 Å². The van der Waals surface area contributed by atoms with Crippen molar-refractivity contribution in [3.05, 3.63) is 95.1 Å². The molecule has 0 aromatic heterocycles. The van der Waals surface area contributed by atoms with Crippen LogP contribution in [0.15, 0.2) is 72.8 Å². The van der Waals surface area contributed by atoms with Crippen LogP contribution < -0.4 is 16.1 Å². The van der Waals surface area contributed by atoms with Crippen molar-refractivity contribution < 1.29 is 24.3 Å². The molecule has 0 unspecified atom stereocenters. The normalized spacial score (nSPS) is 16.3. The predicted molar refractivity (Wildman–Crippen MR) is 154 cm³/mol. The number of piperidine rings is 1. The van der Waals surface area contributed by atoms with E-state index >= 15 is 0 Å². The first-order valence-corrected chi connectivity index (χ1v) is 13.3. The van der Waals surface area contributed by atoms with Crippen molar-refractivity contribution in [2.45, 2.75) is 12.8 Å². The topological polar surface area (TPSA) is 144 Å². The van der Waals surface area contributed by atoms with Crippen LogP contribution in [0, 0.1) is 17.2 Å². The van der Waals surface area contributed by atoms with Crippen molar-refractivity contribution >= 4 is 40.4 Å². The van der Waals surface area contributed by atoms with E-state index in [9.17, 15) is 19.5 Å². The Morgan fingerprint density at radius 1 is 1.00 bits per heavy atom. The molecule has 0 radical (unpaired) electrons. The number of carboxylic acid groups (broad SMARTS) is 1. The lowest BCUT2D eigenvalue weighted by molar-refractivity contribution is -0.110. The Labute approximate surface area is 237 Å². The maximum atomic E-state index is 13.1. The largest absolute Gasteiger partial charge is 0.478 e. The maximum absolute atomic E-state index is 13.1. The molecule has 4 N–H and O–H groups in total. The molecule has 0 spiro atoms. The summed E-state index contributed by atoms with van der Waals surface area (Å²) >= 11 is 0. The number of hydrogen-bond acceptors (Lipinski definition) is 7. The molecule has 2 aliphatic heterocycles. The number of rotatable bonds is 9. The van der Waals surface area contributed by atoms with E-state index in [1.165, 1.54) is 12.1 Å². The van der Waals surface area contributed by atoms with Crippen LogP contribution in [0.2, 0.25) is 0 Å². The van der Waals surface area contributed by atoms with Crippen LogP contribution in [0.1, 0.15) is 44.7 Å². The number of likely N-dealkylation sites (tertiary alicyclic amines) is 1. The molecule has 3 aromatic rings. The number of aromatic carboxylic acids is 1. The molecule has 208 valence electrons. The third kappa shape index (κ3) is 6.44. The SMILES string of the molecule is N#CC1CCN(CCONC(=O)c2ccc(NC(=C3C(=O)Nc4cc(C(=O)O)ccc43)c3ccccc3)cc2)CC1. The van der Waals surface area contributed by atoms with Gasteiger partial charge >= 0.3 is 5.97 Å². The number of nitrogens with zero attached hydrogens (tertiary/aromatic N) is 2. The van der Waals surface area contributed by atoms with Crippen LogP contribution in [0.4, 0.5) is 11.4 Å². The molecular formula is C31H29N5O5. The maximum Gasteiger partial charge on any atom is 0.335 e. The first kappa shape index (κ1) is 27.6. The van der Waals surface area contributed by atoms with E-state index in [-0.39, 0.29) is 23.3 Å². The van der Waals surface area contributed by atoms with E-state index in [4.69, 9.17) is 10.1 Å². The molecule has 2 amide bonds. The third-order valence-electron chi connectivity index (χ3n) is 7.18. The first-order valence-electron chi connectivity index (χ1n) is 13.3. The van der Waals surface area contributed by atoms with E-state index in [1.807, 2.05) is 30.3 Å². The summed E-state index contributed by atoms with van der Waals surface area (Å²) in [6, 6.07) is 23.0. The Hall–Kier alpha value is -4.98. The summed E-state index contributed by atoms with van der Waals surface area (Å²) in [4.78, 5) is 44.7. The van der Waals surface area contributed by atoms with Gasteiger partial charge in [-0.15, -0.1) is 0 Å². The fourth-order valence-corrected chi connectivity index (χ4v) is 4.92. The lowest BCUT2D eigenvalue weighted by atomic mass is 9.99. The van der Waals surface area contributed by atoms with E-state index in [1.54, 1.807) is 30.3 Å². The van der Waals surface area contributed by atoms with Crippen molar-refractivity contribution in [2.75, 3.05) is 36.9 Å². The minimum atomic E-state index is -1.08. The van der Waals surface area contributed by atoms with Crippen LogP contribution in [-0.4, -0.2) is 54.0 Å². The number of carboxylic acids is 1. The monoisotopic (exact) mass is 551 g/mol. The Morgan fingerprint density at radius 3 is 2.39 bits per heavy atom. The summed E-state index contributed by atoms with van der Waals surface area (Å²) in [5.41, 5.74) is 6.33. The molecule has 0 bridgehead atoms. The highest BCUT2D eigenvalue weighted by Gasteiger charge is 2.29. The lowest BCUT2D eigenvalue weighted by Crippen LogP contribution is -2.37. The molecule has 10 heteroatoms. The number of hydroxylamine groups is 1. The highest BCUT2D eigenvalue weighted by molar-refractivity contribution is 6.37. The molecule has 2 aliphatic rings. The van der Waals surface area contributed by atoms with Crippen molar-refractivity contribution in [3.8, 4) is 6.07 Å². The van der Waals surface area contributed by atoms with Crippen LogP contribution >= 0.6 is 0 Å². The Morgan fingerprint density at radius 2 is 1.71 bits per heavy atom. The zero-order valence-corrected chi connectivity index (χ0v) is 22.2. The molecule has 41 heavy (non-hydrogen) atoms. The first-order chi connectivity index (χ1) is 19.9. The number of hydrogen-bond donors (Lipinski definition) is 4. The number of anilines is 2. The van der Waals surface area contributed by atoms with Gasteiger partial charge in [0.1, 0.15) is 0 Å². The van der Waals surface area contributed by atoms with Crippen LogP contribution in [0.5, 0.6) is 0 Å². The number of carbonyl (C=O) groups excluding carboxylic acids is 2. The standard InChI is InChI=1S/C31H29N5O5/c32-19-20-12-14-36(15-13-20)16-17-41-35-29(37)22-6-9-24(10-7-22)33-28(21-4-2-1-3-5-21)27-25-11-8-23(31(39)40)18-26(25)34-30(27)38/h1-11,18,20,33H,12-17H2,(H,34,38)(H,35,37)(H,39,40). The average Bonchev–Trinajstić information content (AvgIpc) is 3.33. The predicted octanol–water partition coefficient (Wildman–Crippen LogP) is 4.21. The van der Waals surface area contributed by atoms with Gasteiger partial charge in [0.15, 0.2) is 0 Å². The summed E-state index contributed by atoms with van der Waals surface area (Å²) in [6.07, 6.45) is 1.71. The highest BCUT2D eigenvalue weighted by Crippen LogP contribution is 2.38. The quantitative estimate of drug-likeness (QED) is 0.176. The Bertz CT molecular complexity index is 1520. The molecule has 5 rings (SSSR count). The molecule has 0 atom stereocenters. The van der Waals surface area contributed by atoms with Gasteiger partial charge in [0.25, 0.3) is 11.8 Å². The zero-order chi connectivity index (χ0) is 28.8. The second kappa shape index (κ2) is 12.5. The summed E-state index contributed by atoms with van der Waals surface area (Å²) in [6.45, 7) is 2.71. The molecule has 3 aromatic carbocycles. The van der Waals surface area contributed by atoms with Crippen LogP contribution in [0.3, 0.4) is 0 Å². The van der Waals surface area contributed by atoms with Gasteiger partial charge in [-0.1, -0.05) is 36.4 Å². The Kier molecular flexibility index (Phi) is 8.39. The van der Waals surface area contributed by atoms with Crippen molar-refractivity contribution in [2.24, 2.45) is 5.92 Å². The summed E-state index contributed by atoms with van der Waals surface area (Å²) < 4.78 is 0. The van der Waals surface area contributed by atoms with Gasteiger partial charge in [0.05, 0.1) is 35.2 Å². The average molecular weight is 552 g/mol. The number of carbonyl (C=O) groups is 3. The van der Waals surface area contributed by atoms with Crippen molar-refractivity contribution in [1.29, 1.82) is 5.26 Å². The molecule has 1 saturated heterocycles. The van der Waals surface area contributed by atoms with Gasteiger partial charge in [-0.2, -0.15) is 5.26 Å². The van der Waals surface area contributed by atoms with Gasteiger partial charge in [-0.3, -0.25) is 14.4 Å². The fourth-order valence-electron chi connectivity index (χ4n) is 4.92. The number of nitriles is 1. The zero-order valence-electron chi connectivity index (χ0n) is 22.2. The third-order valence-corrected chi connectivity index (χ3v) is 7.18. The molecule has 10 nitrogen and oxygen atoms in total. The molecule has 0 aliphatic carbocycles. The van der Waals surface area contributed by atoms with Gasteiger partial charge in [0, 0.05) is 29.3 Å². The molecule has 2 heterocycles. The van der Waals surface area contributed by atoms with E-state index in [2.05, 4.69) is 27.1 Å². The van der Waals surface area contributed by atoms with Gasteiger partial charge in [-0.25, -0.2) is 10.3 Å². The summed E-state index contributed by atoms with van der Waals surface area (Å²) in [5, 5.41) is 24.4.